The van der Waals surface area contributed by atoms with Gasteiger partial charge in [-0.05, 0) is 18.4 Å². The van der Waals surface area contributed by atoms with Gasteiger partial charge in [0.05, 0.1) is 12.5 Å². The molecule has 6 heteroatoms. The minimum absolute atomic E-state index is 0. The van der Waals surface area contributed by atoms with Crippen molar-refractivity contribution in [3.63, 3.8) is 0 Å². The molecule has 0 rings (SSSR count). The van der Waals surface area contributed by atoms with Crippen molar-refractivity contribution in [2.45, 2.75) is 26.7 Å². The van der Waals surface area contributed by atoms with Crippen LogP contribution in [0.3, 0.4) is 0 Å². The van der Waals surface area contributed by atoms with Gasteiger partial charge in [-0.15, -0.1) is 0 Å². The van der Waals surface area contributed by atoms with Crippen molar-refractivity contribution in [2.75, 3.05) is 20.1 Å². The van der Waals surface area contributed by atoms with E-state index in [1.807, 2.05) is 13.8 Å². The number of carbonyl (C=O) groups excluding carboxylic acids is 2. The largest absolute Gasteiger partial charge is 1.00 e. The van der Waals surface area contributed by atoms with Crippen molar-refractivity contribution < 1.29 is 44.3 Å². The number of likely N-dealkylation sites (N-methyl/N-ethyl adjacent to an activating group) is 1. The monoisotopic (exact) mass is 238 g/mol. The fraction of sp³-hybridized carbons (Fsp3) is 0.800. The van der Waals surface area contributed by atoms with Crippen LogP contribution in [0.25, 0.3) is 0 Å². The van der Waals surface area contributed by atoms with E-state index in [2.05, 4.69) is 0 Å². The maximum absolute atomic E-state index is 11.6. The van der Waals surface area contributed by atoms with E-state index in [9.17, 15) is 14.7 Å². The molecular formula is C10H19N2NaO3. The number of amides is 1. The molecule has 16 heavy (non-hydrogen) atoms. The molecule has 0 atom stereocenters. The van der Waals surface area contributed by atoms with Crippen LogP contribution in [0.15, 0.2) is 0 Å². The molecule has 0 fully saturated rings. The molecule has 0 aromatic carbocycles. The van der Waals surface area contributed by atoms with Crippen LogP contribution in [-0.2, 0) is 9.59 Å². The zero-order valence-corrected chi connectivity index (χ0v) is 12.6. The first-order chi connectivity index (χ1) is 6.78. The van der Waals surface area contributed by atoms with Crippen molar-refractivity contribution in [2.24, 2.45) is 11.1 Å². The fourth-order valence-electron chi connectivity index (χ4n) is 1.31. The van der Waals surface area contributed by atoms with Crippen molar-refractivity contribution in [3.05, 3.63) is 0 Å². The molecule has 0 aliphatic heterocycles. The molecule has 0 aromatic rings. The number of nitrogens with zero attached hydrogens (tertiary/aromatic N) is 1. The summed E-state index contributed by atoms with van der Waals surface area (Å²) in [6, 6.07) is 0. The molecule has 0 spiro atoms. The van der Waals surface area contributed by atoms with Crippen LogP contribution in [0, 0.1) is 5.41 Å². The third kappa shape index (κ3) is 8.10. The van der Waals surface area contributed by atoms with Crippen LogP contribution in [0.2, 0.25) is 0 Å². The second kappa shape index (κ2) is 8.06. The van der Waals surface area contributed by atoms with Gasteiger partial charge in [-0.25, -0.2) is 0 Å². The molecule has 88 valence electrons. The molecular weight excluding hydrogens is 219 g/mol. The quantitative estimate of drug-likeness (QED) is 0.477. The van der Waals surface area contributed by atoms with Crippen LogP contribution in [0.5, 0.6) is 0 Å². The molecule has 0 aromatic heterocycles. The Hall–Kier alpha value is -0.100. The van der Waals surface area contributed by atoms with Crippen molar-refractivity contribution in [3.8, 4) is 0 Å². The number of carbonyl (C=O) groups is 2. The second-order valence-electron chi connectivity index (χ2n) is 4.50. The van der Waals surface area contributed by atoms with Gasteiger partial charge >= 0.3 is 29.6 Å². The third-order valence-electron chi connectivity index (χ3n) is 2.24. The van der Waals surface area contributed by atoms with Gasteiger partial charge in [0.1, 0.15) is 0 Å². The van der Waals surface area contributed by atoms with Gasteiger partial charge in [-0.3, -0.25) is 4.79 Å². The van der Waals surface area contributed by atoms with Crippen LogP contribution in [-0.4, -0.2) is 36.9 Å². The molecule has 1 amide bonds. The van der Waals surface area contributed by atoms with E-state index in [4.69, 9.17) is 5.73 Å². The summed E-state index contributed by atoms with van der Waals surface area (Å²) in [6.07, 6.45) is 1.03. The topological polar surface area (TPSA) is 86.5 Å². The summed E-state index contributed by atoms with van der Waals surface area (Å²) >= 11 is 0. The fourth-order valence-corrected chi connectivity index (χ4v) is 1.31. The summed E-state index contributed by atoms with van der Waals surface area (Å²) in [5.41, 5.74) is 5.23. The van der Waals surface area contributed by atoms with Crippen LogP contribution >= 0.6 is 0 Å². The van der Waals surface area contributed by atoms with Gasteiger partial charge < -0.3 is 20.5 Å². The number of hydrogen-bond acceptors (Lipinski definition) is 4. The van der Waals surface area contributed by atoms with E-state index < -0.39 is 5.97 Å². The van der Waals surface area contributed by atoms with Crippen molar-refractivity contribution in [1.82, 2.24) is 4.90 Å². The molecule has 0 aliphatic rings. The molecule has 0 saturated heterocycles. The molecule has 0 unspecified atom stereocenters. The molecule has 5 nitrogen and oxygen atoms in total. The normalized spacial score (nSPS) is 10.5. The molecule has 0 bridgehead atoms. The summed E-state index contributed by atoms with van der Waals surface area (Å²) in [5, 5.41) is 10.3. The van der Waals surface area contributed by atoms with Crippen molar-refractivity contribution in [1.29, 1.82) is 0 Å². The maximum atomic E-state index is 11.6. The zero-order valence-electron chi connectivity index (χ0n) is 10.6. The first-order valence-corrected chi connectivity index (χ1v) is 4.92. The molecule has 0 heterocycles. The van der Waals surface area contributed by atoms with E-state index in [1.54, 1.807) is 0 Å². The number of carboxylic acids is 1. The van der Waals surface area contributed by atoms with E-state index in [0.717, 1.165) is 11.3 Å². The summed E-state index contributed by atoms with van der Waals surface area (Å²) in [6.45, 7) is 4.03. The van der Waals surface area contributed by atoms with Crippen molar-refractivity contribution >= 4 is 11.9 Å². The Morgan fingerprint density at radius 2 is 1.88 bits per heavy atom. The van der Waals surface area contributed by atoms with Crippen LogP contribution < -0.4 is 40.4 Å². The average molecular weight is 238 g/mol. The summed E-state index contributed by atoms with van der Waals surface area (Å²) in [4.78, 5) is 23.0. The van der Waals surface area contributed by atoms with Gasteiger partial charge in [-0.2, -0.15) is 0 Å². The number of rotatable bonds is 6. The maximum Gasteiger partial charge on any atom is 1.00 e. The summed E-state index contributed by atoms with van der Waals surface area (Å²) in [7, 11) is 1.46. The van der Waals surface area contributed by atoms with Gasteiger partial charge in [0, 0.05) is 13.5 Å². The minimum atomic E-state index is -1.25. The number of aliphatic carboxylic acids is 1. The first-order valence-electron chi connectivity index (χ1n) is 4.92. The average Bonchev–Trinajstić information content (AvgIpc) is 2.01. The second-order valence-corrected chi connectivity index (χ2v) is 4.50. The van der Waals surface area contributed by atoms with E-state index in [0.29, 0.717) is 13.0 Å². The standard InChI is InChI=1S/C10H20N2O3.Na/c1-10(2,4-5-11)6-8(13)12(3)7-9(14)15;/h4-7,11H2,1-3H3,(H,14,15);/q;+1/p-1. The number of nitrogens with two attached hydrogens (primary N) is 1. The van der Waals surface area contributed by atoms with Gasteiger partial charge in [-0.1, -0.05) is 13.8 Å². The van der Waals surface area contributed by atoms with E-state index in [1.165, 1.54) is 7.05 Å². The van der Waals surface area contributed by atoms with Gasteiger partial charge in [0.2, 0.25) is 5.91 Å². The number of hydrogen-bond donors (Lipinski definition) is 1. The Morgan fingerprint density at radius 3 is 2.25 bits per heavy atom. The Balaban J connectivity index is 0. The Labute approximate surface area is 119 Å². The number of carboxylic acid groups (broad SMARTS) is 1. The zero-order chi connectivity index (χ0) is 12.1. The smallest absolute Gasteiger partial charge is 0.548 e. The Kier molecular flexibility index (Phi) is 9.20. The molecule has 2 N–H and O–H groups in total. The Bertz CT molecular complexity index is 244. The third-order valence-corrected chi connectivity index (χ3v) is 2.24. The van der Waals surface area contributed by atoms with Crippen LogP contribution in [0.1, 0.15) is 26.7 Å². The minimum Gasteiger partial charge on any atom is -0.548 e. The van der Waals surface area contributed by atoms with E-state index in [-0.39, 0.29) is 47.4 Å². The predicted octanol–water partition coefficient (Wildman–Crippen LogP) is -4.04. The summed E-state index contributed by atoms with van der Waals surface area (Å²) < 4.78 is 0. The van der Waals surface area contributed by atoms with Gasteiger partial charge in [0.25, 0.3) is 0 Å². The molecule has 0 saturated carbocycles. The first kappa shape index (κ1) is 18.3. The molecule has 0 radical (unpaired) electrons. The SMILES string of the molecule is CN(CC(=O)[O-])C(=O)CC(C)(C)CCN.[Na+]. The van der Waals surface area contributed by atoms with Crippen LogP contribution in [0.4, 0.5) is 0 Å². The molecule has 0 aliphatic carbocycles. The summed E-state index contributed by atoms with van der Waals surface area (Å²) in [5.74, 6) is -1.44. The Morgan fingerprint density at radius 1 is 1.38 bits per heavy atom. The predicted molar refractivity (Wildman–Crippen MR) is 54.7 cm³/mol. The van der Waals surface area contributed by atoms with Gasteiger partial charge in [0.15, 0.2) is 0 Å². The van der Waals surface area contributed by atoms with E-state index >= 15 is 0 Å².